The number of carbonyl (C=O) groups is 2. The molecule has 1 rings (SSSR count). The first-order valence-electron chi connectivity index (χ1n) is 6.03. The average molecular weight is 284 g/mol. The van der Waals surface area contributed by atoms with Crippen LogP contribution < -0.4 is 11.1 Å². The molecule has 1 amide bonds. The van der Waals surface area contributed by atoms with E-state index in [1.807, 2.05) is 0 Å². The van der Waals surface area contributed by atoms with Crippen molar-refractivity contribution in [2.45, 2.75) is 11.8 Å². The monoisotopic (exact) mass is 284 g/mol. The molecule has 0 fully saturated rings. The van der Waals surface area contributed by atoms with Crippen LogP contribution >= 0.6 is 0 Å². The van der Waals surface area contributed by atoms with Crippen LogP contribution in [0.5, 0.6) is 0 Å². The smallest absolute Gasteiger partial charge is 0.315 e. The number of benzene rings is 1. The van der Waals surface area contributed by atoms with Gasteiger partial charge in [-0.15, -0.1) is 0 Å². The van der Waals surface area contributed by atoms with Crippen molar-refractivity contribution >= 4 is 11.9 Å². The standard InChI is InChI=1S/C13H17FN2O4/c14-10-3-1-2-9(6-10)13(8-15,12(19)20)7-11(18)16-4-5-17/h1-3,6,17H,4-5,7-8,15H2,(H,16,18)(H,19,20). The zero-order valence-corrected chi connectivity index (χ0v) is 10.8. The third-order valence-corrected chi connectivity index (χ3v) is 3.03. The van der Waals surface area contributed by atoms with E-state index in [1.165, 1.54) is 18.2 Å². The van der Waals surface area contributed by atoms with Gasteiger partial charge in [0, 0.05) is 19.5 Å². The lowest BCUT2D eigenvalue weighted by atomic mass is 9.77. The molecule has 0 radical (unpaired) electrons. The molecule has 1 unspecified atom stereocenters. The van der Waals surface area contributed by atoms with Crippen LogP contribution in [0.2, 0.25) is 0 Å². The fourth-order valence-corrected chi connectivity index (χ4v) is 1.90. The van der Waals surface area contributed by atoms with Crippen molar-refractivity contribution in [1.29, 1.82) is 0 Å². The lowest BCUT2D eigenvalue weighted by Gasteiger charge is -2.27. The maximum Gasteiger partial charge on any atom is 0.315 e. The summed E-state index contributed by atoms with van der Waals surface area (Å²) in [5.74, 6) is -2.47. The van der Waals surface area contributed by atoms with Crippen LogP contribution in [0, 0.1) is 5.82 Å². The largest absolute Gasteiger partial charge is 0.481 e. The Labute approximate surface area is 115 Å². The van der Waals surface area contributed by atoms with E-state index >= 15 is 0 Å². The summed E-state index contributed by atoms with van der Waals surface area (Å²) in [6.45, 7) is -0.588. The van der Waals surface area contributed by atoms with E-state index in [-0.39, 0.29) is 25.3 Å². The number of amides is 1. The van der Waals surface area contributed by atoms with Crippen molar-refractivity contribution in [3.63, 3.8) is 0 Å². The van der Waals surface area contributed by atoms with Crippen LogP contribution in [0.4, 0.5) is 4.39 Å². The number of carbonyl (C=O) groups excluding carboxylic acids is 1. The Morgan fingerprint density at radius 3 is 2.60 bits per heavy atom. The predicted molar refractivity (Wildman–Crippen MR) is 69.5 cm³/mol. The topological polar surface area (TPSA) is 113 Å². The molecule has 1 atom stereocenters. The quantitative estimate of drug-likeness (QED) is 0.544. The number of aliphatic carboxylic acids is 1. The van der Waals surface area contributed by atoms with Crippen molar-refractivity contribution in [2.75, 3.05) is 19.7 Å². The number of nitrogens with one attached hydrogen (secondary N) is 1. The first kappa shape index (κ1) is 16.1. The van der Waals surface area contributed by atoms with E-state index in [0.29, 0.717) is 0 Å². The number of halogens is 1. The van der Waals surface area contributed by atoms with Gasteiger partial charge in [0.2, 0.25) is 5.91 Å². The number of aliphatic hydroxyl groups excluding tert-OH is 1. The zero-order valence-electron chi connectivity index (χ0n) is 10.8. The van der Waals surface area contributed by atoms with Gasteiger partial charge in [-0.05, 0) is 17.7 Å². The number of nitrogens with two attached hydrogens (primary N) is 1. The molecular formula is C13H17FN2O4. The zero-order chi connectivity index (χ0) is 15.2. The first-order valence-corrected chi connectivity index (χ1v) is 6.03. The van der Waals surface area contributed by atoms with E-state index in [2.05, 4.69) is 5.32 Å². The Bertz CT molecular complexity index is 495. The Hall–Kier alpha value is -1.99. The summed E-state index contributed by atoms with van der Waals surface area (Å²) < 4.78 is 13.3. The van der Waals surface area contributed by atoms with Crippen LogP contribution in [0.15, 0.2) is 24.3 Å². The van der Waals surface area contributed by atoms with Gasteiger partial charge in [-0.3, -0.25) is 9.59 Å². The highest BCUT2D eigenvalue weighted by Gasteiger charge is 2.41. The van der Waals surface area contributed by atoms with Gasteiger partial charge in [0.1, 0.15) is 11.2 Å². The molecule has 7 heteroatoms. The van der Waals surface area contributed by atoms with Crippen molar-refractivity contribution in [3.8, 4) is 0 Å². The summed E-state index contributed by atoms with van der Waals surface area (Å²) in [7, 11) is 0. The number of aliphatic hydroxyl groups is 1. The van der Waals surface area contributed by atoms with E-state index in [4.69, 9.17) is 10.8 Å². The molecule has 6 nitrogen and oxygen atoms in total. The summed E-state index contributed by atoms with van der Waals surface area (Å²) >= 11 is 0. The van der Waals surface area contributed by atoms with Gasteiger partial charge < -0.3 is 21.3 Å². The number of hydrogen-bond acceptors (Lipinski definition) is 4. The van der Waals surface area contributed by atoms with Crippen molar-refractivity contribution < 1.29 is 24.2 Å². The average Bonchev–Trinajstić information content (AvgIpc) is 2.42. The second-order valence-electron chi connectivity index (χ2n) is 4.35. The van der Waals surface area contributed by atoms with E-state index < -0.39 is 29.5 Å². The molecule has 5 N–H and O–H groups in total. The normalized spacial score (nSPS) is 13.6. The molecule has 0 aliphatic rings. The minimum absolute atomic E-state index is 0.0161. The molecular weight excluding hydrogens is 267 g/mol. The van der Waals surface area contributed by atoms with E-state index in [0.717, 1.165) is 6.07 Å². The van der Waals surface area contributed by atoms with Gasteiger partial charge in [0.05, 0.1) is 6.61 Å². The van der Waals surface area contributed by atoms with Crippen molar-refractivity contribution in [1.82, 2.24) is 5.32 Å². The molecule has 0 heterocycles. The third-order valence-electron chi connectivity index (χ3n) is 3.03. The maximum absolute atomic E-state index is 13.3. The SMILES string of the molecule is NCC(CC(=O)NCCO)(C(=O)O)c1cccc(F)c1. The van der Waals surface area contributed by atoms with Gasteiger partial charge >= 0.3 is 5.97 Å². The Morgan fingerprint density at radius 2 is 2.10 bits per heavy atom. The highest BCUT2D eigenvalue weighted by atomic mass is 19.1. The molecule has 0 aliphatic heterocycles. The Morgan fingerprint density at radius 1 is 1.40 bits per heavy atom. The summed E-state index contributed by atoms with van der Waals surface area (Å²) in [5, 5.41) is 20.4. The van der Waals surface area contributed by atoms with Gasteiger partial charge in [-0.1, -0.05) is 12.1 Å². The molecule has 0 spiro atoms. The summed E-state index contributed by atoms with van der Waals surface area (Å²) in [6, 6.07) is 5.02. The summed E-state index contributed by atoms with van der Waals surface area (Å²) in [6.07, 6.45) is -0.428. The number of carboxylic acids is 1. The van der Waals surface area contributed by atoms with E-state index in [1.54, 1.807) is 0 Å². The second kappa shape index (κ2) is 6.97. The minimum Gasteiger partial charge on any atom is -0.481 e. The van der Waals surface area contributed by atoms with Crippen LogP contribution in [0.25, 0.3) is 0 Å². The second-order valence-corrected chi connectivity index (χ2v) is 4.35. The molecule has 0 bridgehead atoms. The van der Waals surface area contributed by atoms with Gasteiger partial charge in [-0.25, -0.2) is 4.39 Å². The highest BCUT2D eigenvalue weighted by molar-refractivity contribution is 5.89. The highest BCUT2D eigenvalue weighted by Crippen LogP contribution is 2.28. The van der Waals surface area contributed by atoms with Gasteiger partial charge in [0.15, 0.2) is 0 Å². The molecule has 0 aliphatic carbocycles. The molecule has 0 saturated carbocycles. The first-order chi connectivity index (χ1) is 9.46. The van der Waals surface area contributed by atoms with Gasteiger partial charge in [0.25, 0.3) is 0 Å². The minimum atomic E-state index is -1.69. The number of hydrogen-bond donors (Lipinski definition) is 4. The lowest BCUT2D eigenvalue weighted by molar-refractivity contribution is -0.146. The van der Waals surface area contributed by atoms with Crippen molar-refractivity contribution in [2.24, 2.45) is 5.73 Å². The predicted octanol–water partition coefficient (Wildman–Crippen LogP) is -0.395. The molecule has 0 aromatic heterocycles. The van der Waals surface area contributed by atoms with Crippen LogP contribution in [0.1, 0.15) is 12.0 Å². The lowest BCUT2D eigenvalue weighted by Crippen LogP contribution is -2.47. The molecule has 0 saturated heterocycles. The molecule has 1 aromatic carbocycles. The third kappa shape index (κ3) is 3.52. The fourth-order valence-electron chi connectivity index (χ4n) is 1.90. The van der Waals surface area contributed by atoms with Crippen molar-refractivity contribution in [3.05, 3.63) is 35.6 Å². The summed E-state index contributed by atoms with van der Waals surface area (Å²) in [4.78, 5) is 23.2. The van der Waals surface area contributed by atoms with E-state index in [9.17, 15) is 19.1 Å². The molecule has 110 valence electrons. The Balaban J connectivity index is 3.10. The molecule has 1 aromatic rings. The number of rotatable bonds is 7. The number of carboxylic acid groups (broad SMARTS) is 1. The Kier molecular flexibility index (Phi) is 5.60. The maximum atomic E-state index is 13.3. The fraction of sp³-hybridized carbons (Fsp3) is 0.385. The van der Waals surface area contributed by atoms with Gasteiger partial charge in [-0.2, -0.15) is 0 Å². The van der Waals surface area contributed by atoms with Crippen LogP contribution in [0.3, 0.4) is 0 Å². The molecule has 20 heavy (non-hydrogen) atoms. The van der Waals surface area contributed by atoms with Crippen LogP contribution in [-0.2, 0) is 15.0 Å². The van der Waals surface area contributed by atoms with Crippen LogP contribution in [-0.4, -0.2) is 41.8 Å². The summed E-state index contributed by atoms with van der Waals surface area (Å²) in [5.41, 5.74) is 3.97.